The Labute approximate surface area is 75.9 Å². The maximum atomic E-state index is 5.35. The molecule has 1 rings (SSSR count). The summed E-state index contributed by atoms with van der Waals surface area (Å²) in [6.45, 7) is 9.92. The number of morpholine rings is 1. The average Bonchev–Trinajstić information content (AvgIpc) is 1.85. The van der Waals surface area contributed by atoms with Gasteiger partial charge in [0.05, 0.1) is 13.2 Å². The zero-order chi connectivity index (χ0) is 9.61. The van der Waals surface area contributed by atoms with E-state index in [0.29, 0.717) is 0 Å². The molecule has 0 saturated carbocycles. The number of rotatable bonds is 0. The second kappa shape index (κ2) is 5.51. The molecule has 1 aliphatic heterocycles. The molecule has 3 nitrogen and oxygen atoms in total. The average molecular weight is 174 g/mol. The van der Waals surface area contributed by atoms with Crippen LogP contribution in [0.3, 0.4) is 0 Å². The third-order valence-corrected chi connectivity index (χ3v) is 1.23. The van der Waals surface area contributed by atoms with Gasteiger partial charge in [-0.15, -0.1) is 0 Å². The van der Waals surface area contributed by atoms with Gasteiger partial charge in [-0.1, -0.05) is 0 Å². The Morgan fingerprint density at radius 1 is 1.17 bits per heavy atom. The summed E-state index contributed by atoms with van der Waals surface area (Å²) in [5.41, 5.74) is 5.35. The molecule has 1 fully saturated rings. The Hall–Kier alpha value is -0.120. The summed E-state index contributed by atoms with van der Waals surface area (Å²) in [5, 5.41) is 0. The van der Waals surface area contributed by atoms with Gasteiger partial charge in [-0.25, -0.2) is 0 Å². The van der Waals surface area contributed by atoms with Crippen LogP contribution in [0.15, 0.2) is 0 Å². The minimum absolute atomic E-state index is 0. The van der Waals surface area contributed by atoms with Crippen molar-refractivity contribution in [3.63, 3.8) is 0 Å². The smallest absolute Gasteiger partial charge is 0.0594 e. The minimum atomic E-state index is 0. The van der Waals surface area contributed by atoms with Crippen molar-refractivity contribution in [2.45, 2.75) is 26.3 Å². The molecule has 12 heavy (non-hydrogen) atoms. The van der Waals surface area contributed by atoms with E-state index in [1.54, 1.807) is 0 Å². The van der Waals surface area contributed by atoms with E-state index in [9.17, 15) is 0 Å². The molecule has 0 amide bonds. The molecule has 0 radical (unpaired) electrons. The molecule has 0 spiro atoms. The monoisotopic (exact) mass is 174 g/mol. The third-order valence-electron chi connectivity index (χ3n) is 1.23. The SMILES string of the molecule is CC(C)(C)N.CN1CCOCC1. The van der Waals surface area contributed by atoms with Gasteiger partial charge in [0.15, 0.2) is 0 Å². The first-order valence-electron chi connectivity index (χ1n) is 4.45. The topological polar surface area (TPSA) is 38.5 Å². The van der Waals surface area contributed by atoms with Gasteiger partial charge in [0.1, 0.15) is 0 Å². The van der Waals surface area contributed by atoms with E-state index in [2.05, 4.69) is 11.9 Å². The highest BCUT2D eigenvalue weighted by Crippen LogP contribution is 1.89. The van der Waals surface area contributed by atoms with Crippen LogP contribution in [0.25, 0.3) is 0 Å². The van der Waals surface area contributed by atoms with Gasteiger partial charge < -0.3 is 15.4 Å². The number of nitrogens with zero attached hydrogens (tertiary/aromatic N) is 1. The van der Waals surface area contributed by atoms with E-state index in [0.717, 1.165) is 26.3 Å². The molecular weight excluding hydrogens is 152 g/mol. The Morgan fingerprint density at radius 2 is 1.50 bits per heavy atom. The Balaban J connectivity index is 0.000000217. The predicted molar refractivity (Wildman–Crippen MR) is 52.3 cm³/mol. The summed E-state index contributed by atoms with van der Waals surface area (Å²) in [6.07, 6.45) is 0. The molecule has 2 N–H and O–H groups in total. The van der Waals surface area contributed by atoms with Gasteiger partial charge in [-0.3, -0.25) is 0 Å². The van der Waals surface area contributed by atoms with E-state index < -0.39 is 0 Å². The maximum Gasteiger partial charge on any atom is 0.0594 e. The van der Waals surface area contributed by atoms with E-state index in [1.165, 1.54) is 0 Å². The first-order chi connectivity index (χ1) is 5.39. The van der Waals surface area contributed by atoms with Gasteiger partial charge in [0.25, 0.3) is 0 Å². The lowest BCUT2D eigenvalue weighted by molar-refractivity contribution is 0.0503. The first-order valence-corrected chi connectivity index (χ1v) is 4.45. The lowest BCUT2D eigenvalue weighted by Gasteiger charge is -2.21. The van der Waals surface area contributed by atoms with E-state index in [4.69, 9.17) is 10.5 Å². The molecule has 0 aromatic carbocycles. The van der Waals surface area contributed by atoms with Crippen LogP contribution < -0.4 is 5.73 Å². The zero-order valence-electron chi connectivity index (χ0n) is 8.76. The Bertz CT molecular complexity index is 97.6. The number of nitrogens with two attached hydrogens (primary N) is 1. The van der Waals surface area contributed by atoms with Crippen molar-refractivity contribution >= 4 is 0 Å². The lowest BCUT2D eigenvalue weighted by Crippen LogP contribution is -2.32. The molecule has 0 atom stereocenters. The van der Waals surface area contributed by atoms with Crippen molar-refractivity contribution in [2.75, 3.05) is 33.4 Å². The molecule has 74 valence electrons. The molecule has 3 heteroatoms. The van der Waals surface area contributed by atoms with Crippen LogP contribution in [0, 0.1) is 0 Å². The molecular formula is C9H22N2O. The molecule has 0 aliphatic carbocycles. The van der Waals surface area contributed by atoms with Crippen LogP contribution in [0.5, 0.6) is 0 Å². The quantitative estimate of drug-likeness (QED) is 0.587. The molecule has 0 aromatic heterocycles. The molecule has 0 bridgehead atoms. The second-order valence-corrected chi connectivity index (χ2v) is 4.28. The Morgan fingerprint density at radius 3 is 1.67 bits per heavy atom. The molecule has 0 unspecified atom stereocenters. The number of likely N-dealkylation sites (N-methyl/N-ethyl adjacent to an activating group) is 1. The van der Waals surface area contributed by atoms with E-state index in [-0.39, 0.29) is 5.54 Å². The molecule has 1 heterocycles. The number of ether oxygens (including phenoxy) is 1. The van der Waals surface area contributed by atoms with Crippen LogP contribution >= 0.6 is 0 Å². The zero-order valence-corrected chi connectivity index (χ0v) is 8.76. The minimum Gasteiger partial charge on any atom is -0.379 e. The third kappa shape index (κ3) is 12.5. The van der Waals surface area contributed by atoms with Crippen LogP contribution in [-0.4, -0.2) is 43.8 Å². The van der Waals surface area contributed by atoms with Gasteiger partial charge in [0, 0.05) is 18.6 Å². The number of hydrogen-bond donors (Lipinski definition) is 1. The van der Waals surface area contributed by atoms with Crippen LogP contribution in [0.2, 0.25) is 0 Å². The summed E-state index contributed by atoms with van der Waals surface area (Å²) in [7, 11) is 2.11. The molecule has 1 aliphatic rings. The standard InChI is InChI=1S/C5H11NO.C4H11N/c1-6-2-4-7-5-3-6;1-4(2,3)5/h2-5H2,1H3;5H2,1-3H3. The van der Waals surface area contributed by atoms with Crippen LogP contribution in [-0.2, 0) is 4.74 Å². The lowest BCUT2D eigenvalue weighted by atomic mass is 10.1. The van der Waals surface area contributed by atoms with Crippen molar-refractivity contribution in [3.05, 3.63) is 0 Å². The summed E-state index contributed by atoms with van der Waals surface area (Å²) >= 11 is 0. The molecule has 1 saturated heterocycles. The number of hydrogen-bond acceptors (Lipinski definition) is 3. The van der Waals surface area contributed by atoms with E-state index >= 15 is 0 Å². The largest absolute Gasteiger partial charge is 0.379 e. The molecule has 0 aromatic rings. The van der Waals surface area contributed by atoms with Crippen LogP contribution in [0.1, 0.15) is 20.8 Å². The summed E-state index contributed by atoms with van der Waals surface area (Å²) in [6, 6.07) is 0. The van der Waals surface area contributed by atoms with Gasteiger partial charge in [-0.05, 0) is 27.8 Å². The van der Waals surface area contributed by atoms with Crippen molar-refractivity contribution < 1.29 is 4.74 Å². The highest BCUT2D eigenvalue weighted by molar-refractivity contribution is 4.60. The van der Waals surface area contributed by atoms with Crippen molar-refractivity contribution in [1.29, 1.82) is 0 Å². The van der Waals surface area contributed by atoms with Crippen molar-refractivity contribution in [1.82, 2.24) is 4.90 Å². The van der Waals surface area contributed by atoms with Gasteiger partial charge in [0.2, 0.25) is 0 Å². The van der Waals surface area contributed by atoms with Crippen molar-refractivity contribution in [2.24, 2.45) is 5.73 Å². The highest BCUT2D eigenvalue weighted by Gasteiger charge is 2.02. The fourth-order valence-corrected chi connectivity index (χ4v) is 0.655. The fraction of sp³-hybridized carbons (Fsp3) is 1.00. The fourth-order valence-electron chi connectivity index (χ4n) is 0.655. The highest BCUT2D eigenvalue weighted by atomic mass is 16.5. The maximum absolute atomic E-state index is 5.35. The normalized spacial score (nSPS) is 19.8. The summed E-state index contributed by atoms with van der Waals surface area (Å²) in [5.74, 6) is 0. The van der Waals surface area contributed by atoms with Gasteiger partial charge in [-0.2, -0.15) is 0 Å². The van der Waals surface area contributed by atoms with Crippen LogP contribution in [0.4, 0.5) is 0 Å². The predicted octanol–water partition coefficient (Wildman–Crippen LogP) is 0.692. The summed E-state index contributed by atoms with van der Waals surface area (Å²) < 4.78 is 5.10. The second-order valence-electron chi connectivity index (χ2n) is 4.28. The van der Waals surface area contributed by atoms with Gasteiger partial charge >= 0.3 is 0 Å². The van der Waals surface area contributed by atoms with E-state index in [1.807, 2.05) is 20.8 Å². The van der Waals surface area contributed by atoms with Crippen molar-refractivity contribution in [3.8, 4) is 0 Å². The first kappa shape index (κ1) is 11.9. The summed E-state index contributed by atoms with van der Waals surface area (Å²) in [4.78, 5) is 2.27. The Kier molecular flexibility index (Phi) is 5.46.